The van der Waals surface area contributed by atoms with Crippen LogP contribution in [0.1, 0.15) is 13.8 Å². The number of aliphatic hydroxyl groups is 1. The highest BCUT2D eigenvalue weighted by molar-refractivity contribution is 5.67. The summed E-state index contributed by atoms with van der Waals surface area (Å²) >= 11 is 0. The maximum Gasteiger partial charge on any atom is 0.329 e. The molecule has 0 fully saturated rings. The summed E-state index contributed by atoms with van der Waals surface area (Å²) in [5.74, 6) is 0.440. The number of aromatic nitrogens is 4. The first-order chi connectivity index (χ1) is 7.97. The van der Waals surface area contributed by atoms with E-state index in [4.69, 9.17) is 5.11 Å². The average Bonchev–Trinajstić information content (AvgIpc) is 2.75. The number of H-pyrrole nitrogens is 2. The quantitative estimate of drug-likeness (QED) is 0.630. The average molecular weight is 240 g/mol. The van der Waals surface area contributed by atoms with Crippen LogP contribution >= 0.6 is 0 Å². The molecule has 2 aromatic rings. The Balaban J connectivity index is 0.000000249. The van der Waals surface area contributed by atoms with Crippen LogP contribution in [0.2, 0.25) is 0 Å². The summed E-state index contributed by atoms with van der Waals surface area (Å²) in [5, 5.41) is 8.14. The van der Waals surface area contributed by atoms with Gasteiger partial charge in [-0.05, 0) is 5.92 Å². The van der Waals surface area contributed by atoms with Crippen LogP contribution in [-0.4, -0.2) is 31.2 Å². The molecule has 0 atom stereocenters. The van der Waals surface area contributed by atoms with Crippen LogP contribution in [0.3, 0.4) is 0 Å². The van der Waals surface area contributed by atoms with E-state index in [-0.39, 0.29) is 5.56 Å². The SMILES string of the molecule is CC(C)CO.Cn1c(=O)[nH]c2nc[nH]c2c1=O. The summed E-state index contributed by atoms with van der Waals surface area (Å²) in [6.07, 6.45) is 1.36. The van der Waals surface area contributed by atoms with Crippen molar-refractivity contribution in [3.8, 4) is 0 Å². The number of aliphatic hydroxyl groups excluding tert-OH is 1. The summed E-state index contributed by atoms with van der Waals surface area (Å²) < 4.78 is 0.987. The van der Waals surface area contributed by atoms with Crippen LogP contribution in [0.5, 0.6) is 0 Å². The van der Waals surface area contributed by atoms with Crippen molar-refractivity contribution in [3.63, 3.8) is 0 Å². The predicted octanol–water partition coefficient (Wildman–Crippen LogP) is -0.415. The first-order valence-electron chi connectivity index (χ1n) is 5.20. The smallest absolute Gasteiger partial charge is 0.329 e. The molecule has 0 radical (unpaired) electrons. The number of fused-ring (bicyclic) bond motifs is 1. The molecule has 0 aliphatic carbocycles. The Morgan fingerprint density at radius 1 is 1.47 bits per heavy atom. The zero-order chi connectivity index (χ0) is 13.0. The lowest BCUT2D eigenvalue weighted by atomic mass is 10.2. The van der Waals surface area contributed by atoms with Gasteiger partial charge in [0.15, 0.2) is 5.65 Å². The molecule has 2 rings (SSSR count). The van der Waals surface area contributed by atoms with Gasteiger partial charge in [-0.15, -0.1) is 0 Å². The molecule has 0 bridgehead atoms. The van der Waals surface area contributed by atoms with Gasteiger partial charge in [-0.25, -0.2) is 9.78 Å². The third kappa shape index (κ3) is 3.04. The Morgan fingerprint density at radius 3 is 2.59 bits per heavy atom. The Hall–Kier alpha value is -1.89. The van der Waals surface area contributed by atoms with Gasteiger partial charge in [0.05, 0.1) is 6.33 Å². The Labute approximate surface area is 97.1 Å². The largest absolute Gasteiger partial charge is 0.396 e. The molecule has 0 unspecified atom stereocenters. The minimum Gasteiger partial charge on any atom is -0.396 e. The second-order valence-electron chi connectivity index (χ2n) is 4.00. The van der Waals surface area contributed by atoms with E-state index in [0.717, 1.165) is 4.57 Å². The number of nitrogens with one attached hydrogen (secondary N) is 2. The summed E-state index contributed by atoms with van der Waals surface area (Å²) in [7, 11) is 1.40. The molecule has 2 heterocycles. The van der Waals surface area contributed by atoms with Gasteiger partial charge in [0, 0.05) is 13.7 Å². The molecule has 0 aliphatic heterocycles. The van der Waals surface area contributed by atoms with Gasteiger partial charge in [0.25, 0.3) is 5.56 Å². The lowest BCUT2D eigenvalue weighted by molar-refractivity contribution is 0.248. The normalized spacial score (nSPS) is 10.4. The summed E-state index contributed by atoms with van der Waals surface area (Å²) in [6, 6.07) is 0. The molecular weight excluding hydrogens is 224 g/mol. The summed E-state index contributed by atoms with van der Waals surface area (Å²) in [6.45, 7) is 4.25. The molecule has 0 spiro atoms. The third-order valence-electron chi connectivity index (χ3n) is 2.05. The van der Waals surface area contributed by atoms with Gasteiger partial charge in [-0.2, -0.15) is 0 Å². The van der Waals surface area contributed by atoms with Crippen molar-refractivity contribution in [2.75, 3.05) is 6.61 Å². The number of aromatic amines is 2. The molecule has 2 aromatic heterocycles. The molecule has 7 heteroatoms. The summed E-state index contributed by atoms with van der Waals surface area (Å²) in [4.78, 5) is 31.1. The van der Waals surface area contributed by atoms with Crippen molar-refractivity contribution in [2.45, 2.75) is 13.8 Å². The van der Waals surface area contributed by atoms with E-state index in [9.17, 15) is 9.59 Å². The van der Waals surface area contributed by atoms with Gasteiger partial charge < -0.3 is 10.1 Å². The first kappa shape index (κ1) is 13.2. The van der Waals surface area contributed by atoms with E-state index in [2.05, 4.69) is 15.0 Å². The minimum absolute atomic E-state index is 0.295. The first-order valence-corrected chi connectivity index (χ1v) is 5.20. The minimum atomic E-state index is -0.459. The highest BCUT2D eigenvalue weighted by atomic mass is 16.3. The highest BCUT2D eigenvalue weighted by Crippen LogP contribution is 1.93. The fraction of sp³-hybridized carbons (Fsp3) is 0.500. The number of nitrogens with zero attached hydrogens (tertiary/aromatic N) is 2. The molecule has 94 valence electrons. The van der Waals surface area contributed by atoms with Crippen LogP contribution in [0.25, 0.3) is 11.2 Å². The molecular formula is C10H16N4O3. The van der Waals surface area contributed by atoms with Crippen LogP contribution in [-0.2, 0) is 7.05 Å². The monoisotopic (exact) mass is 240 g/mol. The number of hydrogen-bond acceptors (Lipinski definition) is 4. The van der Waals surface area contributed by atoms with Gasteiger partial charge in [-0.3, -0.25) is 14.3 Å². The molecule has 0 saturated carbocycles. The maximum absolute atomic E-state index is 11.3. The Kier molecular flexibility index (Phi) is 4.22. The Morgan fingerprint density at radius 2 is 2.06 bits per heavy atom. The highest BCUT2D eigenvalue weighted by Gasteiger charge is 2.04. The molecule has 7 nitrogen and oxygen atoms in total. The van der Waals surface area contributed by atoms with Crippen molar-refractivity contribution < 1.29 is 5.11 Å². The second kappa shape index (κ2) is 5.44. The predicted molar refractivity (Wildman–Crippen MR) is 63.9 cm³/mol. The number of hydrogen-bond donors (Lipinski definition) is 3. The zero-order valence-electron chi connectivity index (χ0n) is 10.0. The van der Waals surface area contributed by atoms with Crippen molar-refractivity contribution in [1.29, 1.82) is 0 Å². The maximum atomic E-state index is 11.3. The second-order valence-corrected chi connectivity index (χ2v) is 4.00. The van der Waals surface area contributed by atoms with Gasteiger partial charge in [-0.1, -0.05) is 13.8 Å². The van der Waals surface area contributed by atoms with Crippen molar-refractivity contribution in [1.82, 2.24) is 19.5 Å². The fourth-order valence-electron chi connectivity index (χ4n) is 0.997. The molecule has 0 aliphatic rings. The standard InChI is InChI=1S/C6H6N4O2.C4H10O/c1-10-5(11)3-4(8-2-7-3)9-6(10)12;1-4(2)3-5/h2H,1H3,(H,7,8)(H,9,12);4-5H,3H2,1-2H3. The Bertz CT molecular complexity index is 593. The van der Waals surface area contributed by atoms with Gasteiger partial charge in [0.2, 0.25) is 0 Å². The van der Waals surface area contributed by atoms with Crippen molar-refractivity contribution in [2.24, 2.45) is 13.0 Å². The third-order valence-corrected chi connectivity index (χ3v) is 2.05. The van der Waals surface area contributed by atoms with Gasteiger partial charge in [0.1, 0.15) is 5.52 Å². The van der Waals surface area contributed by atoms with E-state index in [1.54, 1.807) is 0 Å². The molecule has 0 aromatic carbocycles. The summed E-state index contributed by atoms with van der Waals surface area (Å²) in [5.41, 5.74) is -0.217. The van der Waals surface area contributed by atoms with Crippen LogP contribution in [0.4, 0.5) is 0 Å². The molecule has 17 heavy (non-hydrogen) atoms. The van der Waals surface area contributed by atoms with E-state index in [1.807, 2.05) is 13.8 Å². The zero-order valence-corrected chi connectivity index (χ0v) is 10.0. The van der Waals surface area contributed by atoms with Crippen LogP contribution in [0, 0.1) is 5.92 Å². The topological polar surface area (TPSA) is 104 Å². The van der Waals surface area contributed by atoms with E-state index >= 15 is 0 Å². The number of imidazole rings is 1. The molecule has 0 amide bonds. The van der Waals surface area contributed by atoms with Crippen molar-refractivity contribution in [3.05, 3.63) is 27.2 Å². The van der Waals surface area contributed by atoms with E-state index in [0.29, 0.717) is 23.7 Å². The molecule has 3 N–H and O–H groups in total. The molecule has 0 saturated heterocycles. The fourth-order valence-corrected chi connectivity index (χ4v) is 0.997. The lowest BCUT2D eigenvalue weighted by Crippen LogP contribution is -2.32. The van der Waals surface area contributed by atoms with Gasteiger partial charge >= 0.3 is 5.69 Å². The van der Waals surface area contributed by atoms with Crippen LogP contribution < -0.4 is 11.2 Å². The lowest BCUT2D eigenvalue weighted by Gasteiger charge is -1.93. The van der Waals surface area contributed by atoms with E-state index < -0.39 is 5.69 Å². The van der Waals surface area contributed by atoms with Crippen LogP contribution in [0.15, 0.2) is 15.9 Å². The number of rotatable bonds is 1. The van der Waals surface area contributed by atoms with E-state index in [1.165, 1.54) is 13.4 Å². The van der Waals surface area contributed by atoms with Crippen molar-refractivity contribution >= 4 is 11.2 Å².